The Kier molecular flexibility index (Phi) is 21.9. The molecule has 11 nitrogen and oxygen atoms in total. The summed E-state index contributed by atoms with van der Waals surface area (Å²) in [5.41, 5.74) is 21.4. The van der Waals surface area contributed by atoms with E-state index in [4.69, 9.17) is 47.1 Å². The van der Waals surface area contributed by atoms with Crippen LogP contribution in [0.3, 0.4) is 0 Å². The Labute approximate surface area is 700 Å². The van der Waals surface area contributed by atoms with Gasteiger partial charge in [0.05, 0.1) is 6.10 Å². The summed E-state index contributed by atoms with van der Waals surface area (Å²) >= 11 is 0. The molecule has 0 aliphatic rings. The van der Waals surface area contributed by atoms with Crippen molar-refractivity contribution in [2.24, 2.45) is 6.66 Å². The molecule has 0 bridgehead atoms. The molecular weight excluding hydrogens is 1550 g/mol. The van der Waals surface area contributed by atoms with Gasteiger partial charge in [0, 0.05) is 83.1 Å². The molecule has 0 aliphatic carbocycles. The van der Waals surface area contributed by atoms with Gasteiger partial charge in [-0.3, -0.25) is 4.52 Å². The van der Waals surface area contributed by atoms with E-state index in [9.17, 15) is 0 Å². The van der Waals surface area contributed by atoms with Crippen LogP contribution in [0.25, 0.3) is 142 Å². The summed E-state index contributed by atoms with van der Waals surface area (Å²) in [6.07, 6.45) is 0.0158. The van der Waals surface area contributed by atoms with Crippen molar-refractivity contribution in [2.75, 3.05) is 0 Å². The van der Waals surface area contributed by atoms with E-state index in [0.717, 1.165) is 132 Å². The highest BCUT2D eigenvalue weighted by Gasteiger charge is 2.32. The molecule has 0 fully saturated rings. The van der Waals surface area contributed by atoms with Crippen LogP contribution in [-0.2, 0) is 28.3 Å². The Hall–Kier alpha value is -10.7. The van der Waals surface area contributed by atoms with Gasteiger partial charge < -0.3 is 42.6 Å². The molecule has 4 heterocycles. The van der Waals surface area contributed by atoms with Crippen molar-refractivity contribution in [1.29, 1.82) is 0 Å². The highest BCUT2D eigenvalue weighted by molar-refractivity contribution is 7.35. The van der Waals surface area contributed by atoms with Gasteiger partial charge in [-0.2, -0.15) is 0 Å². The summed E-state index contributed by atoms with van der Waals surface area (Å²) in [5.74, 6) is 1.21. The molecule has 0 unspecified atom stereocenters. The number of fused-ring (bicyclic) bond motifs is 20. The Morgan fingerprint density at radius 2 is 0.513 bits per heavy atom. The van der Waals surface area contributed by atoms with Crippen molar-refractivity contribution in [3.8, 4) is 22.6 Å². The molecule has 119 heavy (non-hydrogen) atoms. The fourth-order valence-electron chi connectivity index (χ4n) is 16.5. The monoisotopic (exact) mass is 1650 g/mol. The first kappa shape index (κ1) is 82.0. The lowest BCUT2D eigenvalue weighted by molar-refractivity contribution is 0.300. The third-order valence-electron chi connectivity index (χ3n) is 23.2. The average molecular weight is 1660 g/mol. The average Bonchev–Trinajstić information content (AvgIpc) is 1.69. The highest BCUT2D eigenvalue weighted by atomic mass is 31.1. The zero-order chi connectivity index (χ0) is 84.2. The molecule has 4 aromatic heterocycles. The fraction of sp³-hybridized carbons (Fsp3) is 0.269. The van der Waals surface area contributed by atoms with Crippen molar-refractivity contribution in [2.45, 2.75) is 180 Å². The number of hydrogen-bond donors (Lipinski definition) is 0. The minimum absolute atomic E-state index is 0.0158. The number of para-hydroxylation sites is 2. The largest absolute Gasteiger partial charge is 0.453 e. The van der Waals surface area contributed by atoms with E-state index in [1.54, 1.807) is 0 Å². The second-order valence-corrected chi connectivity index (χ2v) is 40.3. The maximum absolute atomic E-state index is 7.19. The van der Waals surface area contributed by atoms with E-state index in [-0.39, 0.29) is 27.8 Å². The van der Waals surface area contributed by atoms with Crippen LogP contribution < -0.4 is 13.6 Å². The lowest BCUT2D eigenvalue weighted by atomic mass is 9.81. The first-order valence-corrected chi connectivity index (χ1v) is 46.0. The molecule has 0 aliphatic heterocycles. The molecule has 0 N–H and O–H groups in total. The topological polar surface area (TPSA) is 133 Å². The number of rotatable bonds is 7. The van der Waals surface area contributed by atoms with Crippen LogP contribution >= 0.6 is 32.7 Å². The quantitative estimate of drug-likeness (QED) is 0.151. The normalized spacial score (nSPS) is 12.3. The Balaban J connectivity index is 0.000000166. The number of hydrogen-bond acceptors (Lipinski definition) is 11. The molecule has 15 heteroatoms. The summed E-state index contributed by atoms with van der Waals surface area (Å²) in [5, 5.41) is 18.2. The Morgan fingerprint density at radius 1 is 0.269 bits per heavy atom. The van der Waals surface area contributed by atoms with Crippen molar-refractivity contribution in [3.05, 3.63) is 285 Å². The third kappa shape index (κ3) is 15.7. The van der Waals surface area contributed by atoms with Crippen molar-refractivity contribution in [1.82, 2.24) is 0 Å². The lowest BCUT2D eigenvalue weighted by Gasteiger charge is -2.23. The highest BCUT2D eigenvalue weighted by Crippen LogP contribution is 2.53. The zero-order valence-corrected chi connectivity index (χ0v) is 76.2. The SMILES string of the molecule is CC(C)Op1oc2ccc3ccccc3c2c2c(ccc3ccccc32)o1.Cc1cc(C(C)(C)C)c2op(Oc3ccccc3-c3ccccc3Op3oc4c(C(C)(C)C)cc(C)c(C)c4c4c(C)c(C)cc(C(C)(C)C)c4o3)oc3c(C(C)(C)C)cc(C)c(C)c3c2c1C.Cp1oc2ccc3ccccc3c2c2c(ccc3ccccc32)o1. The van der Waals surface area contributed by atoms with Gasteiger partial charge in [0.1, 0.15) is 56.2 Å². The minimum atomic E-state index is -2.04. The molecule has 0 spiro atoms. The van der Waals surface area contributed by atoms with Gasteiger partial charge in [-0.25, -0.2) is 0 Å². The van der Waals surface area contributed by atoms with Crippen LogP contribution in [0, 0.1) is 55.4 Å². The molecule has 608 valence electrons. The van der Waals surface area contributed by atoms with E-state index < -0.39 is 32.7 Å². The number of benzene rings is 14. The molecule has 0 saturated heterocycles. The third-order valence-corrected chi connectivity index (χ3v) is 27.4. The molecular formula is C104H106O11P4. The van der Waals surface area contributed by atoms with Crippen LogP contribution in [0.4, 0.5) is 0 Å². The van der Waals surface area contributed by atoms with Gasteiger partial charge in [-0.05, 0) is 215 Å². The fourth-order valence-corrected chi connectivity index (χ4v) is 20.7. The summed E-state index contributed by atoms with van der Waals surface area (Å²) in [7, 11) is -6.61. The van der Waals surface area contributed by atoms with Crippen LogP contribution in [-0.4, -0.2) is 6.10 Å². The first-order valence-electron chi connectivity index (χ1n) is 41.1. The maximum Gasteiger partial charge on any atom is 0.453 e. The summed E-state index contributed by atoms with van der Waals surface area (Å²) in [6.45, 7) is 50.5. The van der Waals surface area contributed by atoms with Crippen LogP contribution in [0.5, 0.6) is 11.5 Å². The van der Waals surface area contributed by atoms with Gasteiger partial charge in [-0.15, -0.1) is 0 Å². The molecule has 0 radical (unpaired) electrons. The van der Waals surface area contributed by atoms with Gasteiger partial charge in [0.25, 0.3) is 0 Å². The molecule has 0 amide bonds. The predicted octanol–water partition coefficient (Wildman–Crippen LogP) is 34.5. The van der Waals surface area contributed by atoms with Gasteiger partial charge in [0.2, 0.25) is 8.01 Å². The van der Waals surface area contributed by atoms with E-state index in [0.29, 0.717) is 11.5 Å². The van der Waals surface area contributed by atoms with Crippen molar-refractivity contribution >= 4 is 164 Å². The van der Waals surface area contributed by atoms with Crippen molar-refractivity contribution < 1.29 is 47.1 Å². The zero-order valence-electron chi connectivity index (χ0n) is 72.6. The first-order chi connectivity index (χ1) is 56.6. The second kappa shape index (κ2) is 31.8. The van der Waals surface area contributed by atoms with Gasteiger partial charge in [0.15, 0.2) is 0 Å². The lowest BCUT2D eigenvalue weighted by Crippen LogP contribution is -2.13. The predicted molar refractivity (Wildman–Crippen MR) is 505 cm³/mol. The Morgan fingerprint density at radius 3 is 0.773 bits per heavy atom. The molecule has 18 rings (SSSR count). The molecule has 14 aromatic carbocycles. The maximum atomic E-state index is 7.19. The molecule has 0 atom stereocenters. The number of aryl methyl sites for hydroxylation is 9. The van der Waals surface area contributed by atoms with E-state index in [1.807, 2.05) is 69.0 Å². The van der Waals surface area contributed by atoms with E-state index >= 15 is 0 Å². The summed E-state index contributed by atoms with van der Waals surface area (Å²) in [6, 6.07) is 75.5. The standard InChI is InChI=1S/C60H72O6P2.C23H19O3P.C21H15O2P/c1-33-29-43(57(9,10)11)53-49(37(33)5)50-38(6)34(2)30-44(58(12,13)14)54(50)64-67(63-53)61-47-27-23-21-25-41(47)42-26-22-24-28-48(42)62-68-65-55-45(59(15,16)17)31-35(3)39(7)51(55)52-40(8)36(4)32-46(56(52)66-68)60(18,19)20;1-15(2)24-27-25-20-13-11-16-7-3-5-9-18(16)22(20)23-19-10-6-4-8-17(19)12-14-21(23)26-27;1-24-22-18-12-10-14-6-2-4-8-16(14)20(18)21-17-9-5-3-7-15(17)11-13-19(21)23-24/h21-32H,1-20H3;3-15H,1-2H3;2-13H,1H3. The van der Waals surface area contributed by atoms with E-state index in [1.165, 1.54) is 76.8 Å². The van der Waals surface area contributed by atoms with Crippen molar-refractivity contribution in [3.63, 3.8) is 0 Å². The van der Waals surface area contributed by atoms with Gasteiger partial charge >= 0.3 is 24.7 Å². The van der Waals surface area contributed by atoms with Crippen LogP contribution in [0.1, 0.15) is 164 Å². The smallest absolute Gasteiger partial charge is 0.419 e. The summed E-state index contributed by atoms with van der Waals surface area (Å²) < 4.78 is 73.7. The van der Waals surface area contributed by atoms with Crippen LogP contribution in [0.15, 0.2) is 252 Å². The Bertz CT molecular complexity index is 6690. The second-order valence-electron chi connectivity index (χ2n) is 36.1. The minimum Gasteiger partial charge on any atom is -0.419 e. The van der Waals surface area contributed by atoms with E-state index in [2.05, 4.69) is 308 Å². The molecule has 0 saturated carbocycles. The van der Waals surface area contributed by atoms with Crippen LogP contribution in [0.2, 0.25) is 0 Å². The molecule has 18 aromatic rings. The van der Waals surface area contributed by atoms with Gasteiger partial charge in [-0.1, -0.05) is 265 Å². The summed E-state index contributed by atoms with van der Waals surface area (Å²) in [4.78, 5) is 0.